The maximum Gasteiger partial charge on any atom is 0.254 e. The van der Waals surface area contributed by atoms with Gasteiger partial charge in [0.25, 0.3) is 5.91 Å². The molecule has 1 rings (SSSR count). The molecule has 1 amide bonds. The average molecular weight is 227 g/mol. The molecular weight excluding hydrogens is 206 g/mol. The molecule has 0 atom stereocenters. The van der Waals surface area contributed by atoms with Crippen LogP contribution in [0.15, 0.2) is 0 Å². The highest BCUT2D eigenvalue weighted by molar-refractivity contribution is 5.87. The van der Waals surface area contributed by atoms with Crippen LogP contribution >= 0.6 is 0 Å². The minimum atomic E-state index is -0.797. The van der Waals surface area contributed by atoms with E-state index >= 15 is 0 Å². The Morgan fingerprint density at radius 1 is 1.31 bits per heavy atom. The van der Waals surface area contributed by atoms with Crippen LogP contribution in [0.2, 0.25) is 0 Å². The summed E-state index contributed by atoms with van der Waals surface area (Å²) < 4.78 is 5.60. The summed E-state index contributed by atoms with van der Waals surface area (Å²) in [7, 11) is 0. The molecule has 1 aliphatic heterocycles. The zero-order valence-electron chi connectivity index (χ0n) is 10.6. The number of rotatable bonds is 3. The predicted molar refractivity (Wildman–Crippen MR) is 61.1 cm³/mol. The summed E-state index contributed by atoms with van der Waals surface area (Å²) in [5.74, 6) is 0.223. The average Bonchev–Trinajstić information content (AvgIpc) is 2.16. The van der Waals surface area contributed by atoms with E-state index in [4.69, 9.17) is 4.74 Å². The molecule has 1 aliphatic rings. The lowest BCUT2D eigenvalue weighted by atomic mass is 10.0. The van der Waals surface area contributed by atoms with Crippen molar-refractivity contribution < 1.29 is 14.3 Å². The molecule has 1 fully saturated rings. The number of hydrogen-bond acceptors (Lipinski definition) is 3. The molecule has 0 saturated carbocycles. The third-order valence-corrected chi connectivity index (χ3v) is 2.65. The van der Waals surface area contributed by atoms with Gasteiger partial charge in [-0.25, -0.2) is 0 Å². The molecule has 0 aliphatic carbocycles. The van der Waals surface area contributed by atoms with Crippen LogP contribution in [0.25, 0.3) is 0 Å². The van der Waals surface area contributed by atoms with Crippen LogP contribution in [0.4, 0.5) is 0 Å². The van der Waals surface area contributed by atoms with E-state index in [1.165, 1.54) is 0 Å². The van der Waals surface area contributed by atoms with E-state index in [-0.39, 0.29) is 17.8 Å². The summed E-state index contributed by atoms with van der Waals surface area (Å²) in [6.07, 6.45) is 0.970. The summed E-state index contributed by atoms with van der Waals surface area (Å²) >= 11 is 0. The molecule has 1 saturated heterocycles. The number of piperidine rings is 1. The second kappa shape index (κ2) is 4.95. The lowest BCUT2D eigenvalue weighted by Gasteiger charge is -2.34. The molecular formula is C12H21NO3. The number of ether oxygens (including phenoxy) is 1. The zero-order valence-corrected chi connectivity index (χ0v) is 10.6. The van der Waals surface area contributed by atoms with Gasteiger partial charge in [-0.1, -0.05) is 0 Å². The normalized spacial score (nSPS) is 18.1. The predicted octanol–water partition coefficient (Wildman–Crippen LogP) is 1.38. The van der Waals surface area contributed by atoms with Crippen LogP contribution in [0.1, 0.15) is 40.5 Å². The first kappa shape index (κ1) is 13.2. The molecule has 0 radical (unpaired) electrons. The van der Waals surface area contributed by atoms with Crippen molar-refractivity contribution in [2.24, 2.45) is 0 Å². The first-order valence-corrected chi connectivity index (χ1v) is 5.82. The lowest BCUT2D eigenvalue weighted by molar-refractivity contribution is -0.160. The number of likely N-dealkylation sites (tertiary alicyclic amines) is 1. The fourth-order valence-corrected chi connectivity index (χ4v) is 1.98. The Hall–Kier alpha value is -0.900. The molecule has 0 spiro atoms. The molecule has 0 N–H and O–H groups in total. The largest absolute Gasteiger partial charge is 0.363 e. The van der Waals surface area contributed by atoms with Gasteiger partial charge < -0.3 is 9.64 Å². The Kier molecular flexibility index (Phi) is 4.08. The van der Waals surface area contributed by atoms with Crippen molar-refractivity contribution in [1.29, 1.82) is 0 Å². The zero-order chi connectivity index (χ0) is 12.3. The number of hydrogen-bond donors (Lipinski definition) is 0. The Morgan fingerprint density at radius 2 is 1.81 bits per heavy atom. The standard InChI is InChI=1S/C12H21NO3/c1-9(2)16-12(3,4)11(15)13-7-5-10(14)6-8-13/h9H,5-8H2,1-4H3. The Labute approximate surface area is 96.9 Å². The van der Waals surface area contributed by atoms with Crippen molar-refractivity contribution >= 4 is 11.7 Å². The minimum absolute atomic E-state index is 0.0189. The summed E-state index contributed by atoms with van der Waals surface area (Å²) in [6.45, 7) is 8.45. The number of Topliss-reactive ketones (excluding diaryl/α,β-unsaturated/α-hetero) is 1. The van der Waals surface area contributed by atoms with Crippen molar-refractivity contribution in [1.82, 2.24) is 4.90 Å². The molecule has 16 heavy (non-hydrogen) atoms. The SMILES string of the molecule is CC(C)OC(C)(C)C(=O)N1CCC(=O)CC1. The van der Waals surface area contributed by atoms with E-state index in [9.17, 15) is 9.59 Å². The van der Waals surface area contributed by atoms with Gasteiger partial charge in [-0.05, 0) is 27.7 Å². The summed E-state index contributed by atoms with van der Waals surface area (Å²) in [6, 6.07) is 0. The fraction of sp³-hybridized carbons (Fsp3) is 0.833. The van der Waals surface area contributed by atoms with Crippen molar-refractivity contribution in [3.63, 3.8) is 0 Å². The quantitative estimate of drug-likeness (QED) is 0.731. The van der Waals surface area contributed by atoms with Gasteiger partial charge in [-0.2, -0.15) is 0 Å². The summed E-state index contributed by atoms with van der Waals surface area (Å²) in [5.41, 5.74) is -0.797. The Bertz CT molecular complexity index is 274. The van der Waals surface area contributed by atoms with Gasteiger partial charge in [0.15, 0.2) is 0 Å². The van der Waals surface area contributed by atoms with Gasteiger partial charge >= 0.3 is 0 Å². The molecule has 0 bridgehead atoms. The second-order valence-corrected chi connectivity index (χ2v) is 5.01. The van der Waals surface area contributed by atoms with Crippen LogP contribution in [0.3, 0.4) is 0 Å². The van der Waals surface area contributed by atoms with Gasteiger partial charge in [0, 0.05) is 25.9 Å². The van der Waals surface area contributed by atoms with Crippen molar-refractivity contribution in [2.75, 3.05) is 13.1 Å². The topological polar surface area (TPSA) is 46.6 Å². The van der Waals surface area contributed by atoms with E-state index < -0.39 is 5.60 Å². The smallest absolute Gasteiger partial charge is 0.254 e. The second-order valence-electron chi connectivity index (χ2n) is 5.01. The first-order valence-electron chi connectivity index (χ1n) is 5.82. The van der Waals surface area contributed by atoms with E-state index in [2.05, 4.69) is 0 Å². The summed E-state index contributed by atoms with van der Waals surface area (Å²) in [5, 5.41) is 0. The van der Waals surface area contributed by atoms with Crippen molar-refractivity contribution in [3.05, 3.63) is 0 Å². The van der Waals surface area contributed by atoms with Crippen molar-refractivity contribution in [2.45, 2.75) is 52.2 Å². The van der Waals surface area contributed by atoms with E-state index in [1.807, 2.05) is 13.8 Å². The van der Waals surface area contributed by atoms with Gasteiger partial charge in [0.2, 0.25) is 0 Å². The van der Waals surface area contributed by atoms with Crippen LogP contribution in [0, 0.1) is 0 Å². The highest BCUT2D eigenvalue weighted by Gasteiger charge is 2.35. The van der Waals surface area contributed by atoms with Gasteiger partial charge in [0.05, 0.1) is 6.10 Å². The van der Waals surface area contributed by atoms with E-state index in [1.54, 1.807) is 18.7 Å². The van der Waals surface area contributed by atoms with Crippen molar-refractivity contribution in [3.8, 4) is 0 Å². The van der Waals surface area contributed by atoms with E-state index in [0.717, 1.165) is 0 Å². The number of ketones is 1. The monoisotopic (exact) mass is 227 g/mol. The third kappa shape index (κ3) is 3.30. The maximum absolute atomic E-state index is 12.2. The number of carbonyl (C=O) groups excluding carboxylic acids is 2. The Balaban J connectivity index is 2.59. The van der Waals surface area contributed by atoms with Crippen LogP contribution in [0.5, 0.6) is 0 Å². The first-order chi connectivity index (χ1) is 7.33. The molecule has 1 heterocycles. The molecule has 0 aromatic heterocycles. The minimum Gasteiger partial charge on any atom is -0.363 e. The lowest BCUT2D eigenvalue weighted by Crippen LogP contribution is -2.50. The molecule has 0 unspecified atom stereocenters. The van der Waals surface area contributed by atoms with Crippen LogP contribution < -0.4 is 0 Å². The van der Waals surface area contributed by atoms with Gasteiger partial charge in [-0.15, -0.1) is 0 Å². The number of nitrogens with zero attached hydrogens (tertiary/aromatic N) is 1. The molecule has 92 valence electrons. The van der Waals surface area contributed by atoms with Crippen LogP contribution in [-0.2, 0) is 14.3 Å². The highest BCUT2D eigenvalue weighted by Crippen LogP contribution is 2.18. The molecule has 0 aromatic carbocycles. The molecule has 0 aromatic rings. The highest BCUT2D eigenvalue weighted by atomic mass is 16.5. The molecule has 4 heteroatoms. The Morgan fingerprint density at radius 3 is 2.25 bits per heavy atom. The third-order valence-electron chi connectivity index (χ3n) is 2.65. The number of carbonyl (C=O) groups is 2. The fourth-order valence-electron chi connectivity index (χ4n) is 1.98. The van der Waals surface area contributed by atoms with E-state index in [0.29, 0.717) is 25.9 Å². The molecule has 4 nitrogen and oxygen atoms in total. The van der Waals surface area contributed by atoms with Gasteiger partial charge in [0.1, 0.15) is 11.4 Å². The summed E-state index contributed by atoms with van der Waals surface area (Å²) in [4.78, 5) is 25.0. The number of amides is 1. The maximum atomic E-state index is 12.2. The van der Waals surface area contributed by atoms with Crippen LogP contribution in [-0.4, -0.2) is 41.4 Å². The van der Waals surface area contributed by atoms with Gasteiger partial charge in [-0.3, -0.25) is 9.59 Å².